The van der Waals surface area contributed by atoms with E-state index in [9.17, 15) is 9.90 Å². The van der Waals surface area contributed by atoms with Gasteiger partial charge in [-0.2, -0.15) is 0 Å². The predicted octanol–water partition coefficient (Wildman–Crippen LogP) is 1.15. The summed E-state index contributed by atoms with van der Waals surface area (Å²) in [6, 6.07) is 3.98. The molecular weight excluding hydrogens is 312 g/mol. The maximum atomic E-state index is 12.0. The van der Waals surface area contributed by atoms with E-state index in [1.807, 2.05) is 24.0 Å². The van der Waals surface area contributed by atoms with Gasteiger partial charge in [-0.25, -0.2) is 4.98 Å². The molecule has 7 heteroatoms. The average molecular weight is 332 g/mol. The molecule has 3 heterocycles. The minimum atomic E-state index is -0.918. The minimum Gasteiger partial charge on any atom is -0.386 e. The highest BCUT2D eigenvalue weighted by molar-refractivity contribution is 7.12. The maximum absolute atomic E-state index is 12.0. The predicted molar refractivity (Wildman–Crippen MR) is 89.6 cm³/mol. The van der Waals surface area contributed by atoms with Gasteiger partial charge in [0.15, 0.2) is 0 Å². The van der Waals surface area contributed by atoms with Crippen LogP contribution in [0.15, 0.2) is 30.7 Å². The summed E-state index contributed by atoms with van der Waals surface area (Å²) in [5.74, 6) is 0.696. The lowest BCUT2D eigenvalue weighted by molar-refractivity contribution is -0.121. The maximum Gasteiger partial charge on any atom is 0.225 e. The van der Waals surface area contributed by atoms with Gasteiger partial charge >= 0.3 is 0 Å². The van der Waals surface area contributed by atoms with Crippen molar-refractivity contribution in [2.75, 3.05) is 24.5 Å². The molecule has 2 aromatic rings. The molecule has 6 nitrogen and oxygen atoms in total. The summed E-state index contributed by atoms with van der Waals surface area (Å²) in [5, 5.41) is 13.5. The molecule has 1 saturated heterocycles. The second-order valence-electron chi connectivity index (χ2n) is 5.93. The van der Waals surface area contributed by atoms with Gasteiger partial charge in [-0.15, -0.1) is 11.3 Å². The number of anilines is 1. The zero-order valence-electron chi connectivity index (χ0n) is 13.0. The van der Waals surface area contributed by atoms with Crippen LogP contribution in [0.4, 0.5) is 5.82 Å². The number of nitrogens with one attached hydrogen (secondary N) is 1. The number of thiophene rings is 1. The molecule has 1 unspecified atom stereocenters. The van der Waals surface area contributed by atoms with Crippen LogP contribution in [0.2, 0.25) is 0 Å². The van der Waals surface area contributed by atoms with Crippen LogP contribution < -0.4 is 10.2 Å². The largest absolute Gasteiger partial charge is 0.386 e. The van der Waals surface area contributed by atoms with Gasteiger partial charge in [0.1, 0.15) is 11.4 Å². The number of nitrogens with zero attached hydrogens (tertiary/aromatic N) is 3. The Morgan fingerprint density at radius 3 is 3.04 bits per heavy atom. The van der Waals surface area contributed by atoms with E-state index in [-0.39, 0.29) is 12.5 Å². The number of carbonyl (C=O) groups is 1. The molecule has 122 valence electrons. The second kappa shape index (κ2) is 6.64. The number of hydrogen-bond acceptors (Lipinski definition) is 6. The summed E-state index contributed by atoms with van der Waals surface area (Å²) in [5.41, 5.74) is -0.918. The molecule has 0 aliphatic carbocycles. The number of carbonyl (C=O) groups excluding carboxylic acids is 1. The lowest BCUT2D eigenvalue weighted by atomic mass is 10.0. The summed E-state index contributed by atoms with van der Waals surface area (Å²) >= 11 is 1.62. The molecule has 1 atom stereocenters. The summed E-state index contributed by atoms with van der Waals surface area (Å²) in [4.78, 5) is 24.5. The van der Waals surface area contributed by atoms with Crippen molar-refractivity contribution in [1.29, 1.82) is 0 Å². The van der Waals surface area contributed by atoms with Crippen LogP contribution >= 0.6 is 11.3 Å². The van der Waals surface area contributed by atoms with Crippen LogP contribution in [0.25, 0.3) is 0 Å². The van der Waals surface area contributed by atoms with Crippen molar-refractivity contribution in [3.63, 3.8) is 0 Å². The Balaban J connectivity index is 1.51. The monoisotopic (exact) mass is 332 g/mol. The summed E-state index contributed by atoms with van der Waals surface area (Å²) < 4.78 is 0. The van der Waals surface area contributed by atoms with Gasteiger partial charge in [0.2, 0.25) is 5.91 Å². The first-order valence-corrected chi connectivity index (χ1v) is 8.41. The first-order chi connectivity index (χ1) is 11.0. The van der Waals surface area contributed by atoms with E-state index in [0.717, 1.165) is 10.7 Å². The summed E-state index contributed by atoms with van der Waals surface area (Å²) in [6.45, 7) is 3.43. The Morgan fingerprint density at radius 1 is 1.48 bits per heavy atom. The van der Waals surface area contributed by atoms with Gasteiger partial charge < -0.3 is 15.3 Å². The first-order valence-electron chi connectivity index (χ1n) is 7.59. The summed E-state index contributed by atoms with van der Waals surface area (Å²) in [6.07, 6.45) is 5.91. The number of amides is 1. The molecule has 0 aromatic carbocycles. The Bertz CT molecular complexity index is 676. The number of β-amino-alcohol motifs (C(OH)–C–C–N with tert-alkyl or cyclic N) is 1. The van der Waals surface area contributed by atoms with Crippen molar-refractivity contribution in [3.05, 3.63) is 40.5 Å². The van der Waals surface area contributed by atoms with Gasteiger partial charge in [0.05, 0.1) is 12.6 Å². The van der Waals surface area contributed by atoms with E-state index in [0.29, 0.717) is 25.9 Å². The van der Waals surface area contributed by atoms with Crippen molar-refractivity contribution in [2.24, 2.45) is 0 Å². The number of aliphatic hydroxyl groups is 1. The van der Waals surface area contributed by atoms with Crippen molar-refractivity contribution in [2.45, 2.75) is 25.4 Å². The van der Waals surface area contributed by atoms with Crippen molar-refractivity contribution in [3.8, 4) is 0 Å². The quantitative estimate of drug-likeness (QED) is 0.859. The first kappa shape index (κ1) is 15.9. The second-order valence-corrected chi connectivity index (χ2v) is 7.30. The van der Waals surface area contributed by atoms with Gasteiger partial charge in [-0.05, 0) is 25.5 Å². The zero-order valence-corrected chi connectivity index (χ0v) is 13.8. The zero-order chi connectivity index (χ0) is 16.3. The highest BCUT2D eigenvalue weighted by Gasteiger charge is 2.36. The molecule has 3 rings (SSSR count). The number of hydrogen-bond donors (Lipinski definition) is 2. The molecule has 1 amide bonds. The van der Waals surface area contributed by atoms with E-state index in [1.165, 1.54) is 4.88 Å². The fourth-order valence-electron chi connectivity index (χ4n) is 2.71. The lowest BCUT2D eigenvalue weighted by Gasteiger charge is -2.24. The van der Waals surface area contributed by atoms with Crippen LogP contribution in [-0.2, 0) is 11.2 Å². The Labute approximate surface area is 139 Å². The highest BCUT2D eigenvalue weighted by Crippen LogP contribution is 2.24. The standard InChI is InChI=1S/C16H20N4O2S/c1-12-2-3-13(23-12)8-15(21)19-10-16(22)4-7-20(11-16)14-9-17-5-6-18-14/h2-3,5-6,9,22H,4,7-8,10-11H2,1H3,(H,19,21). The highest BCUT2D eigenvalue weighted by atomic mass is 32.1. The normalized spacial score (nSPS) is 20.7. The van der Waals surface area contributed by atoms with Crippen LogP contribution in [0.1, 0.15) is 16.2 Å². The van der Waals surface area contributed by atoms with Crippen LogP contribution in [0.5, 0.6) is 0 Å². The van der Waals surface area contributed by atoms with Gasteiger partial charge in [-0.3, -0.25) is 9.78 Å². The lowest BCUT2D eigenvalue weighted by Crippen LogP contribution is -2.45. The third-order valence-electron chi connectivity index (χ3n) is 3.95. The molecular formula is C16H20N4O2S. The average Bonchev–Trinajstić information content (AvgIpc) is 3.13. The molecule has 1 fully saturated rings. The molecule has 0 radical (unpaired) electrons. The molecule has 0 bridgehead atoms. The van der Waals surface area contributed by atoms with Gasteiger partial charge in [-0.1, -0.05) is 0 Å². The van der Waals surface area contributed by atoms with Crippen molar-refractivity contribution in [1.82, 2.24) is 15.3 Å². The third kappa shape index (κ3) is 4.05. The van der Waals surface area contributed by atoms with E-state index >= 15 is 0 Å². The third-order valence-corrected chi connectivity index (χ3v) is 4.95. The van der Waals surface area contributed by atoms with Crippen LogP contribution in [-0.4, -0.2) is 46.2 Å². The molecule has 2 aromatic heterocycles. The molecule has 1 aliphatic heterocycles. The smallest absolute Gasteiger partial charge is 0.225 e. The number of rotatable bonds is 5. The van der Waals surface area contributed by atoms with Gasteiger partial charge in [0, 0.05) is 41.8 Å². The topological polar surface area (TPSA) is 78.4 Å². The fourth-order valence-corrected chi connectivity index (χ4v) is 3.60. The van der Waals surface area contributed by atoms with E-state index in [1.54, 1.807) is 29.9 Å². The molecule has 0 saturated carbocycles. The van der Waals surface area contributed by atoms with E-state index in [2.05, 4.69) is 15.3 Å². The molecule has 1 aliphatic rings. The van der Waals surface area contributed by atoms with Gasteiger partial charge in [0.25, 0.3) is 0 Å². The minimum absolute atomic E-state index is 0.0572. The Morgan fingerprint density at radius 2 is 2.35 bits per heavy atom. The van der Waals surface area contributed by atoms with Crippen LogP contribution in [0, 0.1) is 6.92 Å². The van der Waals surface area contributed by atoms with Crippen molar-refractivity contribution < 1.29 is 9.90 Å². The SMILES string of the molecule is Cc1ccc(CC(=O)NCC2(O)CCN(c3cnccn3)C2)s1. The number of aromatic nitrogens is 2. The molecule has 0 spiro atoms. The van der Waals surface area contributed by atoms with E-state index in [4.69, 9.17) is 0 Å². The van der Waals surface area contributed by atoms with Crippen molar-refractivity contribution >= 4 is 23.1 Å². The number of aryl methyl sites for hydroxylation is 1. The van der Waals surface area contributed by atoms with Crippen LogP contribution in [0.3, 0.4) is 0 Å². The Hall–Kier alpha value is -1.99. The molecule has 2 N–H and O–H groups in total. The fraction of sp³-hybridized carbons (Fsp3) is 0.438. The van der Waals surface area contributed by atoms with E-state index < -0.39 is 5.60 Å². The Kier molecular flexibility index (Phi) is 4.58. The molecule has 23 heavy (non-hydrogen) atoms. The summed E-state index contributed by atoms with van der Waals surface area (Å²) in [7, 11) is 0.